The van der Waals surface area contributed by atoms with E-state index in [4.69, 9.17) is 4.74 Å². The van der Waals surface area contributed by atoms with E-state index in [0.29, 0.717) is 18.0 Å². The number of carbonyl (C=O) groups is 1. The van der Waals surface area contributed by atoms with Gasteiger partial charge in [-0.25, -0.2) is 0 Å². The topological polar surface area (TPSA) is 42.0 Å². The molecule has 1 unspecified atom stereocenters. The molecule has 2 heterocycles. The molecule has 1 amide bonds. The molecule has 1 atom stereocenters. The van der Waals surface area contributed by atoms with Gasteiger partial charge in [0.15, 0.2) is 6.23 Å². The number of rotatable bonds is 7. The van der Waals surface area contributed by atoms with Crippen LogP contribution in [0.3, 0.4) is 0 Å². The number of methoxy groups -OCH3 is 1. The van der Waals surface area contributed by atoms with Crippen molar-refractivity contribution in [1.82, 2.24) is 4.90 Å². The lowest BCUT2D eigenvalue weighted by Crippen LogP contribution is -2.33. The van der Waals surface area contributed by atoms with E-state index in [2.05, 4.69) is 33.9 Å². The Labute approximate surface area is 214 Å². The number of amides is 1. The quantitative estimate of drug-likeness (QED) is 0.374. The maximum atomic E-state index is 12.8. The Morgan fingerprint density at radius 1 is 0.919 bits per heavy atom. The first-order chi connectivity index (χ1) is 17.8. The molecule has 3 aromatic rings. The molecule has 5 rings (SSSR count). The Morgan fingerprint density at radius 3 is 2.24 bits per heavy atom. The molecule has 1 saturated heterocycles. The summed E-state index contributed by atoms with van der Waals surface area (Å²) in [7, 11) is 1.63. The molecule has 1 fully saturated rings. The number of fused-ring (bicyclic) bond motifs is 1. The fraction of sp³-hybridized carbons (Fsp3) is 0.345. The number of anilines is 1. The first-order valence-corrected chi connectivity index (χ1v) is 12.4. The maximum Gasteiger partial charge on any atom is 0.573 e. The number of alkyl halides is 3. The molecular formula is C29H29F3N2O3. The number of ether oxygens (including phenoxy) is 2. The molecule has 5 nitrogen and oxygen atoms in total. The highest BCUT2D eigenvalue weighted by Crippen LogP contribution is 2.35. The Morgan fingerprint density at radius 2 is 1.59 bits per heavy atom. The highest BCUT2D eigenvalue weighted by molar-refractivity contribution is 5.98. The molecule has 0 bridgehead atoms. The first kappa shape index (κ1) is 25.1. The van der Waals surface area contributed by atoms with Crippen LogP contribution in [0.25, 0.3) is 0 Å². The van der Waals surface area contributed by atoms with Crippen molar-refractivity contribution in [3.8, 4) is 5.75 Å². The maximum absolute atomic E-state index is 12.8. The SMILES string of the molecule is COC1c2ccccc2C(=O)N1CCc1ccc(N2CCC(c3ccc(OC(F)(F)F)cc3)CC2)cc1. The zero-order valence-electron chi connectivity index (χ0n) is 20.6. The second-order valence-electron chi connectivity index (χ2n) is 9.47. The third-order valence-corrected chi connectivity index (χ3v) is 7.25. The lowest BCUT2D eigenvalue weighted by Gasteiger charge is -2.34. The molecule has 0 aliphatic carbocycles. The van der Waals surface area contributed by atoms with E-state index in [0.717, 1.165) is 54.7 Å². The van der Waals surface area contributed by atoms with Gasteiger partial charge in [-0.2, -0.15) is 0 Å². The molecule has 37 heavy (non-hydrogen) atoms. The van der Waals surface area contributed by atoms with Crippen LogP contribution in [0.1, 0.15) is 52.0 Å². The first-order valence-electron chi connectivity index (χ1n) is 12.4. The summed E-state index contributed by atoms with van der Waals surface area (Å²) >= 11 is 0. The molecule has 2 aliphatic rings. The monoisotopic (exact) mass is 510 g/mol. The number of piperidine rings is 1. The van der Waals surface area contributed by atoms with Crippen molar-refractivity contribution >= 4 is 11.6 Å². The Kier molecular flexibility index (Phi) is 7.11. The lowest BCUT2D eigenvalue weighted by atomic mass is 9.89. The largest absolute Gasteiger partial charge is 0.573 e. The van der Waals surface area contributed by atoms with E-state index < -0.39 is 6.36 Å². The number of halogens is 3. The smallest absolute Gasteiger partial charge is 0.406 e. The van der Waals surface area contributed by atoms with Crippen molar-refractivity contribution in [2.24, 2.45) is 0 Å². The molecule has 8 heteroatoms. The minimum atomic E-state index is -4.67. The van der Waals surface area contributed by atoms with Crippen LogP contribution in [0, 0.1) is 0 Å². The fourth-order valence-electron chi connectivity index (χ4n) is 5.34. The average molecular weight is 511 g/mol. The predicted molar refractivity (Wildman–Crippen MR) is 135 cm³/mol. The summed E-state index contributed by atoms with van der Waals surface area (Å²) in [4.78, 5) is 17.0. The number of hydrogen-bond donors (Lipinski definition) is 0. The van der Waals surface area contributed by atoms with Gasteiger partial charge in [0.2, 0.25) is 0 Å². The number of carbonyl (C=O) groups excluding carboxylic acids is 1. The van der Waals surface area contributed by atoms with Crippen LogP contribution in [-0.4, -0.2) is 43.9 Å². The summed E-state index contributed by atoms with van der Waals surface area (Å²) in [5.41, 5.74) is 4.96. The molecule has 0 aromatic heterocycles. The highest BCUT2D eigenvalue weighted by Gasteiger charge is 2.36. The third kappa shape index (κ3) is 5.59. The minimum absolute atomic E-state index is 0.00413. The van der Waals surface area contributed by atoms with Crippen molar-refractivity contribution in [2.45, 2.75) is 37.8 Å². The molecule has 2 aliphatic heterocycles. The van der Waals surface area contributed by atoms with Crippen LogP contribution in [0.15, 0.2) is 72.8 Å². The molecular weight excluding hydrogens is 481 g/mol. The molecule has 194 valence electrons. The van der Waals surface area contributed by atoms with E-state index in [1.54, 1.807) is 24.1 Å². The molecule has 0 spiro atoms. The van der Waals surface area contributed by atoms with E-state index in [9.17, 15) is 18.0 Å². The Balaban J connectivity index is 1.14. The van der Waals surface area contributed by atoms with Crippen molar-refractivity contribution in [3.05, 3.63) is 95.1 Å². The van der Waals surface area contributed by atoms with Crippen molar-refractivity contribution < 1.29 is 27.4 Å². The highest BCUT2D eigenvalue weighted by atomic mass is 19.4. The summed E-state index contributed by atoms with van der Waals surface area (Å²) < 4.78 is 46.8. The van der Waals surface area contributed by atoms with Crippen LogP contribution < -0.4 is 9.64 Å². The van der Waals surface area contributed by atoms with Gasteiger partial charge in [-0.05, 0) is 66.6 Å². The summed E-state index contributed by atoms with van der Waals surface area (Å²) in [5.74, 6) is 0.126. The van der Waals surface area contributed by atoms with E-state index >= 15 is 0 Å². The number of benzene rings is 3. The van der Waals surface area contributed by atoms with Crippen molar-refractivity contribution in [1.29, 1.82) is 0 Å². The standard InChI is InChI=1S/C29H29F3N2O3/c1-36-28-26-5-3-2-4-25(26)27(35)34(28)19-14-20-6-10-23(11-7-20)33-17-15-22(16-18-33)21-8-12-24(13-9-21)37-29(30,31)32/h2-13,22,28H,14-19H2,1H3. The number of nitrogens with zero attached hydrogens (tertiary/aromatic N) is 2. The van der Waals surface area contributed by atoms with Gasteiger partial charge in [0.05, 0.1) is 0 Å². The molecule has 3 aromatic carbocycles. The van der Waals surface area contributed by atoms with Crippen molar-refractivity contribution in [2.75, 3.05) is 31.6 Å². The lowest BCUT2D eigenvalue weighted by molar-refractivity contribution is -0.274. The van der Waals surface area contributed by atoms with Gasteiger partial charge in [-0.15, -0.1) is 13.2 Å². The number of hydrogen-bond acceptors (Lipinski definition) is 4. The average Bonchev–Trinajstić information content (AvgIpc) is 3.18. The van der Waals surface area contributed by atoms with Crippen molar-refractivity contribution in [3.63, 3.8) is 0 Å². The second-order valence-corrected chi connectivity index (χ2v) is 9.47. The van der Waals surface area contributed by atoms with Crippen LogP contribution in [-0.2, 0) is 11.2 Å². The van der Waals surface area contributed by atoms with Gasteiger partial charge in [0, 0.05) is 43.6 Å². The predicted octanol–water partition coefficient (Wildman–Crippen LogP) is 6.31. The molecule has 0 N–H and O–H groups in total. The Hall–Kier alpha value is -3.52. The van der Waals surface area contributed by atoms with Gasteiger partial charge in [0.25, 0.3) is 5.91 Å². The molecule has 0 saturated carbocycles. The van der Waals surface area contributed by atoms with Gasteiger partial charge in [-0.1, -0.05) is 42.5 Å². The van der Waals surface area contributed by atoms with Crippen LogP contribution >= 0.6 is 0 Å². The van der Waals surface area contributed by atoms with Crippen LogP contribution in [0.5, 0.6) is 5.75 Å². The van der Waals surface area contributed by atoms with E-state index in [1.165, 1.54) is 12.1 Å². The zero-order valence-corrected chi connectivity index (χ0v) is 20.6. The molecule has 0 radical (unpaired) electrons. The van der Waals surface area contributed by atoms with Gasteiger partial charge < -0.3 is 19.3 Å². The second kappa shape index (κ2) is 10.5. The minimum Gasteiger partial charge on any atom is -0.406 e. The van der Waals surface area contributed by atoms with E-state index in [-0.39, 0.29) is 17.9 Å². The summed E-state index contributed by atoms with van der Waals surface area (Å²) in [5, 5.41) is 0. The van der Waals surface area contributed by atoms with E-state index in [1.807, 2.05) is 24.3 Å². The third-order valence-electron chi connectivity index (χ3n) is 7.25. The normalized spacial score (nSPS) is 18.3. The summed E-state index contributed by atoms with van der Waals surface area (Å²) in [6.45, 7) is 2.32. The zero-order chi connectivity index (χ0) is 26.0. The summed E-state index contributed by atoms with van der Waals surface area (Å²) in [6, 6.07) is 22.3. The van der Waals surface area contributed by atoms with Crippen LogP contribution in [0.4, 0.5) is 18.9 Å². The Bertz CT molecular complexity index is 1220. The fourth-order valence-corrected chi connectivity index (χ4v) is 5.34. The van der Waals surface area contributed by atoms with Crippen LogP contribution in [0.2, 0.25) is 0 Å². The van der Waals surface area contributed by atoms with Gasteiger partial charge >= 0.3 is 6.36 Å². The van der Waals surface area contributed by atoms with Gasteiger partial charge in [-0.3, -0.25) is 4.79 Å². The van der Waals surface area contributed by atoms with Gasteiger partial charge in [0.1, 0.15) is 5.75 Å². The summed E-state index contributed by atoms with van der Waals surface area (Å²) in [6.07, 6.45) is -2.44.